The van der Waals surface area contributed by atoms with E-state index in [2.05, 4.69) is 59.5 Å². The Morgan fingerprint density at radius 1 is 1.00 bits per heavy atom. The number of rotatable bonds is 3. The fourth-order valence-corrected chi connectivity index (χ4v) is 2.99. The van der Waals surface area contributed by atoms with E-state index in [0.717, 1.165) is 19.5 Å². The maximum absolute atomic E-state index is 6.02. The maximum atomic E-state index is 6.02. The highest BCUT2D eigenvalue weighted by Gasteiger charge is 2.25. The molecule has 0 fully saturated rings. The van der Waals surface area contributed by atoms with Crippen molar-refractivity contribution in [3.8, 4) is 0 Å². The van der Waals surface area contributed by atoms with Crippen LogP contribution in [0.15, 0.2) is 54.6 Å². The lowest BCUT2D eigenvalue weighted by molar-refractivity contribution is 0.181. The SMILES string of the molecule is NC[C@H]1c2ccccc2CCN1Cc1ccccc1. The van der Waals surface area contributed by atoms with Gasteiger partial charge in [-0.15, -0.1) is 0 Å². The average Bonchev–Trinajstić information content (AvgIpc) is 2.48. The summed E-state index contributed by atoms with van der Waals surface area (Å²) in [6.07, 6.45) is 1.12. The van der Waals surface area contributed by atoms with Crippen LogP contribution in [0.5, 0.6) is 0 Å². The molecule has 3 rings (SSSR count). The van der Waals surface area contributed by atoms with Gasteiger partial charge in [-0.2, -0.15) is 0 Å². The molecular formula is C17H20N2. The van der Waals surface area contributed by atoms with Crippen molar-refractivity contribution in [1.29, 1.82) is 0 Å². The lowest BCUT2D eigenvalue weighted by atomic mass is 9.92. The van der Waals surface area contributed by atoms with Crippen LogP contribution in [-0.4, -0.2) is 18.0 Å². The minimum atomic E-state index is 0.352. The molecular weight excluding hydrogens is 232 g/mol. The van der Waals surface area contributed by atoms with Gasteiger partial charge in [0.05, 0.1) is 0 Å². The van der Waals surface area contributed by atoms with Crippen LogP contribution in [0.2, 0.25) is 0 Å². The molecule has 0 aliphatic carbocycles. The molecule has 0 saturated carbocycles. The van der Waals surface area contributed by atoms with E-state index in [4.69, 9.17) is 5.73 Å². The minimum absolute atomic E-state index is 0.352. The molecule has 0 spiro atoms. The van der Waals surface area contributed by atoms with Crippen LogP contribution >= 0.6 is 0 Å². The molecule has 0 aromatic heterocycles. The normalized spacial score (nSPS) is 19.1. The van der Waals surface area contributed by atoms with E-state index in [-0.39, 0.29) is 0 Å². The zero-order valence-corrected chi connectivity index (χ0v) is 11.1. The molecule has 0 amide bonds. The van der Waals surface area contributed by atoms with Gasteiger partial charge in [0, 0.05) is 25.7 Å². The summed E-state index contributed by atoms with van der Waals surface area (Å²) < 4.78 is 0. The predicted octanol–water partition coefficient (Wildman–Crippen LogP) is 2.74. The van der Waals surface area contributed by atoms with Gasteiger partial charge in [-0.25, -0.2) is 0 Å². The second-order valence-corrected chi connectivity index (χ2v) is 5.16. The highest BCUT2D eigenvalue weighted by molar-refractivity contribution is 5.33. The Bertz CT molecular complexity index is 536. The van der Waals surface area contributed by atoms with Gasteiger partial charge in [0.25, 0.3) is 0 Å². The summed E-state index contributed by atoms with van der Waals surface area (Å²) in [5.74, 6) is 0. The van der Waals surface area contributed by atoms with Crippen LogP contribution in [0.3, 0.4) is 0 Å². The first kappa shape index (κ1) is 12.4. The van der Waals surface area contributed by atoms with Crippen molar-refractivity contribution in [1.82, 2.24) is 4.90 Å². The zero-order valence-electron chi connectivity index (χ0n) is 11.1. The van der Waals surface area contributed by atoms with Crippen LogP contribution in [-0.2, 0) is 13.0 Å². The fraction of sp³-hybridized carbons (Fsp3) is 0.294. The van der Waals surface area contributed by atoms with Gasteiger partial charge < -0.3 is 5.73 Å². The van der Waals surface area contributed by atoms with Crippen molar-refractivity contribution in [2.45, 2.75) is 19.0 Å². The Labute approximate surface area is 114 Å². The highest BCUT2D eigenvalue weighted by atomic mass is 15.2. The van der Waals surface area contributed by atoms with Gasteiger partial charge in [-0.3, -0.25) is 4.90 Å². The largest absolute Gasteiger partial charge is 0.329 e. The first-order valence-corrected chi connectivity index (χ1v) is 6.94. The van der Waals surface area contributed by atoms with Gasteiger partial charge >= 0.3 is 0 Å². The van der Waals surface area contributed by atoms with Gasteiger partial charge in [0.2, 0.25) is 0 Å². The van der Waals surface area contributed by atoms with Gasteiger partial charge in [-0.1, -0.05) is 54.6 Å². The molecule has 2 nitrogen and oxygen atoms in total. The summed E-state index contributed by atoms with van der Waals surface area (Å²) in [5.41, 5.74) is 10.3. The number of hydrogen-bond donors (Lipinski definition) is 1. The number of fused-ring (bicyclic) bond motifs is 1. The van der Waals surface area contributed by atoms with Crippen molar-refractivity contribution >= 4 is 0 Å². The molecule has 0 unspecified atom stereocenters. The van der Waals surface area contributed by atoms with E-state index in [1.54, 1.807) is 0 Å². The van der Waals surface area contributed by atoms with Crippen molar-refractivity contribution < 1.29 is 0 Å². The van der Waals surface area contributed by atoms with Gasteiger partial charge in [0.15, 0.2) is 0 Å². The molecule has 2 heteroatoms. The molecule has 1 aliphatic heterocycles. The Morgan fingerprint density at radius 2 is 1.74 bits per heavy atom. The molecule has 19 heavy (non-hydrogen) atoms. The standard InChI is InChI=1S/C17H20N2/c18-12-17-16-9-5-4-8-15(16)10-11-19(17)13-14-6-2-1-3-7-14/h1-9,17H,10-13,18H2/t17-/m0/s1. The third-order valence-corrected chi connectivity index (χ3v) is 3.97. The van der Waals surface area contributed by atoms with Crippen LogP contribution in [0.25, 0.3) is 0 Å². The van der Waals surface area contributed by atoms with E-state index in [1.165, 1.54) is 16.7 Å². The summed E-state index contributed by atoms with van der Waals surface area (Å²) in [4.78, 5) is 2.50. The molecule has 0 radical (unpaired) electrons. The summed E-state index contributed by atoms with van der Waals surface area (Å²) >= 11 is 0. The lowest BCUT2D eigenvalue weighted by Gasteiger charge is -2.36. The number of hydrogen-bond acceptors (Lipinski definition) is 2. The molecule has 1 aliphatic rings. The first-order chi connectivity index (χ1) is 9.38. The Balaban J connectivity index is 1.84. The Morgan fingerprint density at radius 3 is 2.53 bits per heavy atom. The highest BCUT2D eigenvalue weighted by Crippen LogP contribution is 2.29. The van der Waals surface area contributed by atoms with E-state index >= 15 is 0 Å². The molecule has 0 bridgehead atoms. The number of benzene rings is 2. The quantitative estimate of drug-likeness (QED) is 0.910. The summed E-state index contributed by atoms with van der Waals surface area (Å²) in [6.45, 7) is 2.76. The summed E-state index contributed by atoms with van der Waals surface area (Å²) in [7, 11) is 0. The van der Waals surface area contributed by atoms with E-state index in [9.17, 15) is 0 Å². The average molecular weight is 252 g/mol. The van der Waals surface area contributed by atoms with Crippen molar-refractivity contribution in [2.75, 3.05) is 13.1 Å². The first-order valence-electron chi connectivity index (χ1n) is 6.94. The molecule has 98 valence electrons. The molecule has 1 atom stereocenters. The molecule has 1 heterocycles. The lowest BCUT2D eigenvalue weighted by Crippen LogP contribution is -2.38. The fourth-order valence-electron chi connectivity index (χ4n) is 2.99. The molecule has 2 aromatic rings. The van der Waals surface area contributed by atoms with Crippen molar-refractivity contribution in [2.24, 2.45) is 5.73 Å². The molecule has 0 saturated heterocycles. The van der Waals surface area contributed by atoms with E-state index < -0.39 is 0 Å². The van der Waals surface area contributed by atoms with Crippen LogP contribution in [0.4, 0.5) is 0 Å². The van der Waals surface area contributed by atoms with E-state index in [1.807, 2.05) is 0 Å². The van der Waals surface area contributed by atoms with Crippen LogP contribution in [0.1, 0.15) is 22.7 Å². The number of nitrogens with zero attached hydrogens (tertiary/aromatic N) is 1. The Hall–Kier alpha value is -1.64. The van der Waals surface area contributed by atoms with Crippen LogP contribution in [0, 0.1) is 0 Å². The Kier molecular flexibility index (Phi) is 3.62. The predicted molar refractivity (Wildman–Crippen MR) is 78.8 cm³/mol. The zero-order chi connectivity index (χ0) is 13.1. The number of nitrogens with two attached hydrogens (primary N) is 1. The topological polar surface area (TPSA) is 29.3 Å². The third-order valence-electron chi connectivity index (χ3n) is 3.97. The second-order valence-electron chi connectivity index (χ2n) is 5.16. The van der Waals surface area contributed by atoms with Crippen molar-refractivity contribution in [3.63, 3.8) is 0 Å². The summed E-state index contributed by atoms with van der Waals surface area (Å²) in [5, 5.41) is 0. The van der Waals surface area contributed by atoms with Gasteiger partial charge in [0.1, 0.15) is 0 Å². The maximum Gasteiger partial charge on any atom is 0.0476 e. The summed E-state index contributed by atoms with van der Waals surface area (Å²) in [6, 6.07) is 19.7. The van der Waals surface area contributed by atoms with Crippen LogP contribution < -0.4 is 5.73 Å². The second kappa shape index (κ2) is 5.55. The monoisotopic (exact) mass is 252 g/mol. The smallest absolute Gasteiger partial charge is 0.0476 e. The third kappa shape index (κ3) is 2.55. The molecule has 2 N–H and O–H groups in total. The van der Waals surface area contributed by atoms with Crippen molar-refractivity contribution in [3.05, 3.63) is 71.3 Å². The minimum Gasteiger partial charge on any atom is -0.329 e. The molecule has 2 aromatic carbocycles. The van der Waals surface area contributed by atoms with E-state index in [0.29, 0.717) is 12.6 Å². The van der Waals surface area contributed by atoms with Gasteiger partial charge in [-0.05, 0) is 23.1 Å².